The van der Waals surface area contributed by atoms with Gasteiger partial charge in [-0.1, -0.05) is 342 Å². The van der Waals surface area contributed by atoms with Crippen molar-refractivity contribution in [3.05, 3.63) is 197 Å². The fraction of sp³-hybridized carbons (Fsp3) is 0.614. The van der Waals surface area contributed by atoms with Gasteiger partial charge in [0.15, 0.2) is 0 Å². The molecule has 0 bridgehead atoms. The first kappa shape index (κ1) is 141. The third-order valence-corrected chi connectivity index (χ3v) is 3.89. The zero-order valence-corrected chi connectivity index (χ0v) is 69.5. The molecule has 0 aliphatic heterocycles. The predicted molar refractivity (Wildman–Crippen MR) is 449 cm³/mol. The molecule has 0 radical (unpaired) electrons. The van der Waals surface area contributed by atoms with Crippen LogP contribution < -0.4 is 0 Å². The molecule has 0 aliphatic rings. The number of aromatic nitrogens is 14. The maximum absolute atomic E-state index is 3.78. The van der Waals surface area contributed by atoms with Gasteiger partial charge in [-0.05, 0) is 83.7 Å². The topological polar surface area (TPSA) is 186 Å². The Kier molecular flexibility index (Phi) is 253. The minimum atomic E-state index is 0. The van der Waals surface area contributed by atoms with Crippen molar-refractivity contribution in [1.29, 1.82) is 0 Å². The number of benzene rings is 1. The predicted octanol–water partition coefficient (Wildman–Crippen LogP) is 28.3. The summed E-state index contributed by atoms with van der Waals surface area (Å²) in [6.07, 6.45) is 31.2. The zero-order valence-electron chi connectivity index (χ0n) is 69.5. The SMILES string of the molecule is C.C.C.CC.CC.CC.CC.CC.CC.CC.CC.CC(C)C.CC(C)C.CC(C)C.CC(C)C.CC(C)C.CC(C)C.CC(C)C.CC(C)C.c1c[nH]cn1.c1ccccc1.c1ccncc1.c1ccnnc1.c1cn[nH]c1.c1cnccn1.c1cncnc1.c1cnncn1. The molecule has 2 N–H and O–H groups in total. The number of nitrogens with one attached hydrogen (secondary N) is 2. The summed E-state index contributed by atoms with van der Waals surface area (Å²) in [6, 6.07) is 25.0. The van der Waals surface area contributed by atoms with Gasteiger partial charge in [0.05, 0.1) is 12.5 Å². The van der Waals surface area contributed by atoms with Crippen molar-refractivity contribution in [2.45, 2.75) is 299 Å². The van der Waals surface area contributed by atoms with Gasteiger partial charge in [0.25, 0.3) is 0 Å². The lowest BCUT2D eigenvalue weighted by Crippen LogP contribution is -1.75. The van der Waals surface area contributed by atoms with Gasteiger partial charge >= 0.3 is 0 Å². The van der Waals surface area contributed by atoms with E-state index in [-0.39, 0.29) is 22.3 Å². The van der Waals surface area contributed by atoms with Gasteiger partial charge in [0.1, 0.15) is 12.7 Å². The Hall–Kier alpha value is -6.96. The number of pyridine rings is 1. The Labute approximate surface area is 611 Å². The van der Waals surface area contributed by atoms with Crippen LogP contribution in [0.5, 0.6) is 0 Å². The molecule has 14 heteroatoms. The summed E-state index contributed by atoms with van der Waals surface area (Å²) in [4.78, 5) is 28.6. The highest BCUT2D eigenvalue weighted by Gasteiger charge is 1.72. The summed E-state index contributed by atoms with van der Waals surface area (Å²) in [7, 11) is 0. The average Bonchev–Trinajstić information content (AvgIpc) is 4.49. The molecule has 97 heavy (non-hydrogen) atoms. The van der Waals surface area contributed by atoms with Crippen LogP contribution in [-0.2, 0) is 0 Å². The van der Waals surface area contributed by atoms with Crippen LogP contribution in [-0.4, -0.2) is 70.5 Å². The van der Waals surface area contributed by atoms with Crippen LogP contribution >= 0.6 is 0 Å². The number of imidazole rings is 1. The van der Waals surface area contributed by atoms with Crippen molar-refractivity contribution in [2.24, 2.45) is 47.3 Å². The quantitative estimate of drug-likeness (QED) is 0.147. The summed E-state index contributed by atoms with van der Waals surface area (Å²) in [5, 5.41) is 20.2. The normalized spacial score (nSPS) is 7.26. The summed E-state index contributed by atoms with van der Waals surface area (Å²) >= 11 is 0. The summed E-state index contributed by atoms with van der Waals surface area (Å²) in [6.45, 7) is 84.0. The van der Waals surface area contributed by atoms with E-state index in [1.807, 2.05) is 184 Å². The molecule has 14 nitrogen and oxygen atoms in total. The van der Waals surface area contributed by atoms with Crippen LogP contribution in [0, 0.1) is 47.3 Å². The van der Waals surface area contributed by atoms with Gasteiger partial charge in [-0.25, -0.2) is 19.9 Å². The van der Waals surface area contributed by atoms with Gasteiger partial charge < -0.3 is 4.98 Å². The molecule has 0 fully saturated rings. The Morgan fingerprint density at radius 2 is 0.433 bits per heavy atom. The first-order valence-corrected chi connectivity index (χ1v) is 35.3. The number of rotatable bonds is 0. The van der Waals surface area contributed by atoms with E-state index in [0.717, 1.165) is 47.3 Å². The van der Waals surface area contributed by atoms with E-state index >= 15 is 0 Å². The fourth-order valence-corrected chi connectivity index (χ4v) is 2.09. The lowest BCUT2D eigenvalue weighted by atomic mass is 10.3. The van der Waals surface area contributed by atoms with Crippen LogP contribution in [0.25, 0.3) is 0 Å². The second-order valence-electron chi connectivity index (χ2n) is 21.1. The maximum Gasteiger partial charge on any atom is 0.138 e. The summed E-state index contributed by atoms with van der Waals surface area (Å²) in [5.74, 6) is 6.67. The average molecular weight is 1370 g/mol. The molecule has 7 heterocycles. The Morgan fingerprint density at radius 1 is 0.196 bits per heavy atom. The van der Waals surface area contributed by atoms with Crippen molar-refractivity contribution in [3.8, 4) is 0 Å². The van der Waals surface area contributed by atoms with E-state index in [9.17, 15) is 0 Å². The van der Waals surface area contributed by atoms with Crippen molar-refractivity contribution in [1.82, 2.24) is 70.5 Å². The fourth-order valence-electron chi connectivity index (χ4n) is 2.09. The first-order valence-electron chi connectivity index (χ1n) is 35.3. The molecule has 576 valence electrons. The first-order chi connectivity index (χ1) is 44.9. The van der Waals surface area contributed by atoms with Gasteiger partial charge in [0.2, 0.25) is 0 Å². The maximum atomic E-state index is 3.78. The molecular formula is C83H174N14. The van der Waals surface area contributed by atoms with Crippen LogP contribution in [0.2, 0.25) is 0 Å². The van der Waals surface area contributed by atoms with Gasteiger partial charge in [-0.15, -0.1) is 5.10 Å². The molecule has 0 spiro atoms. The van der Waals surface area contributed by atoms with E-state index in [2.05, 4.69) is 237 Å². The highest BCUT2D eigenvalue weighted by Crippen LogP contribution is 1.85. The Balaban J connectivity index is -0.0000000388. The lowest BCUT2D eigenvalue weighted by molar-refractivity contribution is 0.736. The molecule has 0 atom stereocenters. The van der Waals surface area contributed by atoms with E-state index < -0.39 is 0 Å². The second-order valence-corrected chi connectivity index (χ2v) is 21.1. The molecule has 0 amide bonds. The van der Waals surface area contributed by atoms with E-state index in [1.54, 1.807) is 105 Å². The van der Waals surface area contributed by atoms with Crippen LogP contribution in [0.15, 0.2) is 197 Å². The van der Waals surface area contributed by atoms with E-state index in [1.165, 1.54) is 18.9 Å². The van der Waals surface area contributed by atoms with Crippen molar-refractivity contribution < 1.29 is 0 Å². The molecule has 1 aromatic carbocycles. The smallest absolute Gasteiger partial charge is 0.138 e. The third-order valence-electron chi connectivity index (χ3n) is 3.89. The molecule has 0 saturated carbocycles. The molecule has 0 unspecified atom stereocenters. The molecule has 0 aliphatic carbocycles. The van der Waals surface area contributed by atoms with Gasteiger partial charge in [0, 0.05) is 93.0 Å². The van der Waals surface area contributed by atoms with Crippen molar-refractivity contribution in [3.63, 3.8) is 0 Å². The Morgan fingerprint density at radius 3 is 0.515 bits per heavy atom. The van der Waals surface area contributed by atoms with Crippen LogP contribution in [0.4, 0.5) is 0 Å². The molecule has 0 saturated heterocycles. The lowest BCUT2D eigenvalue weighted by Gasteiger charge is -1.79. The number of hydrogen-bond acceptors (Lipinski definition) is 12. The highest BCUT2D eigenvalue weighted by atomic mass is 15.1. The minimum Gasteiger partial charge on any atom is -0.351 e. The van der Waals surface area contributed by atoms with Crippen LogP contribution in [0.3, 0.4) is 0 Å². The van der Waals surface area contributed by atoms with Crippen LogP contribution in [0.1, 0.15) is 299 Å². The highest BCUT2D eigenvalue weighted by molar-refractivity contribution is 4.99. The molecule has 8 aromatic rings. The van der Waals surface area contributed by atoms with E-state index in [0.29, 0.717) is 0 Å². The van der Waals surface area contributed by atoms with Crippen molar-refractivity contribution in [2.75, 3.05) is 0 Å². The summed E-state index contributed by atoms with van der Waals surface area (Å²) in [5.41, 5.74) is 0. The zero-order chi connectivity index (χ0) is 77.1. The largest absolute Gasteiger partial charge is 0.351 e. The van der Waals surface area contributed by atoms with Crippen molar-refractivity contribution >= 4 is 0 Å². The molecule has 8 rings (SSSR count). The number of hydrogen-bond donors (Lipinski definition) is 2. The standard InChI is InChI=1S/C6H6.C5H5N.3C4H4N2.8C4H10.C3H3N3.2C3H4N2.8C2H6.3CH4/c2*1-2-4-6-5-3-1;1-2-6-4-3-5-1;1-2-5-4-6-3-1;1-2-4-6-5-3-1;8*1-4(2)3;1-2-5-6-3-4-1;1-2-5-3-4-1;1-2-4-5-3-1;8*1-2;;;/h1-6H;1-5H;3*1-4H;8*4H,1-3H3;1-3H;2*1-3H,(H,4,5);8*1-2H3;3*1H4. The number of nitrogens with zero attached hydrogens (tertiary/aromatic N) is 12. The number of aromatic amines is 2. The summed E-state index contributed by atoms with van der Waals surface area (Å²) < 4.78 is 0. The minimum absolute atomic E-state index is 0. The van der Waals surface area contributed by atoms with Gasteiger partial charge in [-0.3, -0.25) is 20.1 Å². The Bertz CT molecular complexity index is 1350. The third kappa shape index (κ3) is 443. The second kappa shape index (κ2) is 174. The molecular weight excluding hydrogens is 1190 g/mol. The van der Waals surface area contributed by atoms with E-state index in [4.69, 9.17) is 0 Å². The number of H-pyrrole nitrogens is 2. The van der Waals surface area contributed by atoms with Gasteiger partial charge in [-0.2, -0.15) is 20.4 Å². The molecule has 7 aromatic heterocycles. The monoisotopic (exact) mass is 1370 g/mol.